The molecule has 1 rings (SSSR count). The number of phenolic OH excluding ortho intramolecular Hbond substituents is 1. The zero-order valence-electron chi connectivity index (χ0n) is 5.66. The molecule has 0 heterocycles. The summed E-state index contributed by atoms with van der Waals surface area (Å²) in [6.45, 7) is 0. The number of para-hydroxylation sites is 1. The molecular weight excluding hydrogens is 155 g/mol. The monoisotopic (exact) mass is 160 g/mol. The van der Waals surface area contributed by atoms with E-state index in [4.69, 9.17) is 5.11 Å². The van der Waals surface area contributed by atoms with Crippen LogP contribution in [-0.2, 0) is 4.79 Å². The van der Waals surface area contributed by atoms with E-state index in [-0.39, 0.29) is 62.7 Å². The van der Waals surface area contributed by atoms with Gasteiger partial charge in [0.15, 0.2) is 0 Å². The van der Waals surface area contributed by atoms with Crippen molar-refractivity contribution < 1.29 is 61.3 Å². The van der Waals surface area contributed by atoms with E-state index in [0.717, 1.165) is 0 Å². The standard InChI is InChI=1S/C7H5O2.K/c8-5-6-3-1-2-4-7(6)9;/h1-4,9H;/q-1;+1. The molecule has 10 heavy (non-hydrogen) atoms. The van der Waals surface area contributed by atoms with Gasteiger partial charge in [0.1, 0.15) is 0 Å². The minimum atomic E-state index is -0.0208. The van der Waals surface area contributed by atoms with Crippen LogP contribution < -0.4 is 51.4 Å². The fourth-order valence-corrected chi connectivity index (χ4v) is 0.560. The van der Waals surface area contributed by atoms with Crippen molar-refractivity contribution in [3.05, 3.63) is 29.8 Å². The van der Waals surface area contributed by atoms with Crippen molar-refractivity contribution in [2.45, 2.75) is 0 Å². The van der Waals surface area contributed by atoms with E-state index >= 15 is 0 Å². The molecule has 0 saturated heterocycles. The first-order valence-electron chi connectivity index (χ1n) is 2.51. The summed E-state index contributed by atoms with van der Waals surface area (Å²) >= 11 is 0. The largest absolute Gasteiger partial charge is 1.00 e. The van der Waals surface area contributed by atoms with E-state index in [0.29, 0.717) is 0 Å². The van der Waals surface area contributed by atoms with Crippen LogP contribution in [-0.4, -0.2) is 11.4 Å². The van der Waals surface area contributed by atoms with Crippen LogP contribution in [0.4, 0.5) is 0 Å². The Morgan fingerprint density at radius 3 is 2.30 bits per heavy atom. The Balaban J connectivity index is 0.000000810. The molecule has 2 nitrogen and oxygen atoms in total. The third-order valence-electron chi connectivity index (χ3n) is 1.01. The summed E-state index contributed by atoms with van der Waals surface area (Å²) in [6.07, 6.45) is 1.60. The molecule has 0 spiro atoms. The molecule has 46 valence electrons. The molecular formula is C7H5KO2. The van der Waals surface area contributed by atoms with Crippen LogP contribution in [0, 0.1) is 0 Å². The SMILES string of the molecule is O=[C-]c1ccccc1O.[K+]. The summed E-state index contributed by atoms with van der Waals surface area (Å²) in [7, 11) is 0. The van der Waals surface area contributed by atoms with Crippen LogP contribution >= 0.6 is 0 Å². The first-order chi connectivity index (χ1) is 4.34. The van der Waals surface area contributed by atoms with Gasteiger partial charge in [0.2, 0.25) is 0 Å². The maximum atomic E-state index is 9.94. The number of hydrogen-bond acceptors (Lipinski definition) is 2. The Morgan fingerprint density at radius 1 is 1.30 bits per heavy atom. The fourth-order valence-electron chi connectivity index (χ4n) is 0.560. The van der Waals surface area contributed by atoms with E-state index in [2.05, 4.69) is 0 Å². The second kappa shape index (κ2) is 5.04. The van der Waals surface area contributed by atoms with Crippen molar-refractivity contribution >= 4 is 6.29 Å². The Morgan fingerprint density at radius 2 is 1.90 bits per heavy atom. The van der Waals surface area contributed by atoms with E-state index in [1.165, 1.54) is 12.1 Å². The molecule has 0 atom stereocenters. The molecule has 0 saturated carbocycles. The normalized spacial score (nSPS) is 8.00. The molecule has 1 aromatic carbocycles. The van der Waals surface area contributed by atoms with Gasteiger partial charge in [-0.15, -0.1) is 11.6 Å². The summed E-state index contributed by atoms with van der Waals surface area (Å²) in [5.74, 6) is -0.0208. The van der Waals surface area contributed by atoms with E-state index in [1.54, 1.807) is 18.4 Å². The number of phenols is 1. The zero-order valence-corrected chi connectivity index (χ0v) is 8.79. The molecule has 0 radical (unpaired) electrons. The third kappa shape index (κ3) is 2.52. The van der Waals surface area contributed by atoms with Gasteiger partial charge in [0, 0.05) is 5.75 Å². The second-order valence-electron chi connectivity index (χ2n) is 1.62. The van der Waals surface area contributed by atoms with Gasteiger partial charge in [-0.3, -0.25) is 0 Å². The quantitative estimate of drug-likeness (QED) is 0.376. The van der Waals surface area contributed by atoms with Gasteiger partial charge >= 0.3 is 51.4 Å². The average Bonchev–Trinajstić information content (AvgIpc) is 1.89. The Kier molecular flexibility index (Phi) is 5.20. The van der Waals surface area contributed by atoms with E-state index < -0.39 is 0 Å². The first-order valence-corrected chi connectivity index (χ1v) is 2.51. The van der Waals surface area contributed by atoms with E-state index in [9.17, 15) is 4.79 Å². The number of benzene rings is 1. The predicted molar refractivity (Wildman–Crippen MR) is 32.9 cm³/mol. The summed E-state index contributed by atoms with van der Waals surface area (Å²) < 4.78 is 0. The third-order valence-corrected chi connectivity index (χ3v) is 1.01. The Bertz CT molecular complexity index is 223. The van der Waals surface area contributed by atoms with Gasteiger partial charge < -0.3 is 9.90 Å². The number of carbonyl (C=O) groups excluding carboxylic acids is 1. The van der Waals surface area contributed by atoms with Crippen molar-refractivity contribution in [3.63, 3.8) is 0 Å². The smallest absolute Gasteiger partial charge is 0.565 e. The number of hydrogen-bond donors (Lipinski definition) is 1. The Hall–Kier alpha value is 0.326. The molecule has 0 aromatic heterocycles. The van der Waals surface area contributed by atoms with Crippen LogP contribution in [0.15, 0.2) is 24.3 Å². The van der Waals surface area contributed by atoms with Gasteiger partial charge in [0.05, 0.1) is 6.29 Å². The van der Waals surface area contributed by atoms with Crippen LogP contribution in [0.3, 0.4) is 0 Å². The zero-order chi connectivity index (χ0) is 6.69. The van der Waals surface area contributed by atoms with Crippen molar-refractivity contribution in [2.75, 3.05) is 0 Å². The van der Waals surface area contributed by atoms with Gasteiger partial charge in [-0.25, -0.2) is 0 Å². The van der Waals surface area contributed by atoms with Crippen LogP contribution in [0.2, 0.25) is 0 Å². The molecule has 0 bridgehead atoms. The summed E-state index contributed by atoms with van der Waals surface area (Å²) in [5.41, 5.74) is 0.206. The van der Waals surface area contributed by atoms with Gasteiger partial charge in [-0.05, 0) is 0 Å². The van der Waals surface area contributed by atoms with Crippen molar-refractivity contribution in [2.24, 2.45) is 0 Å². The summed E-state index contributed by atoms with van der Waals surface area (Å²) in [6, 6.07) is 6.26. The average molecular weight is 160 g/mol. The van der Waals surface area contributed by atoms with Crippen LogP contribution in [0.1, 0.15) is 5.56 Å². The van der Waals surface area contributed by atoms with Gasteiger partial charge in [0.25, 0.3) is 0 Å². The molecule has 0 unspecified atom stereocenters. The first kappa shape index (κ1) is 10.3. The minimum absolute atomic E-state index is 0. The molecule has 3 heteroatoms. The van der Waals surface area contributed by atoms with Crippen LogP contribution in [0.25, 0.3) is 0 Å². The molecule has 0 aliphatic heterocycles. The molecule has 1 N–H and O–H groups in total. The molecule has 1 aromatic rings. The maximum absolute atomic E-state index is 9.94. The van der Waals surface area contributed by atoms with Gasteiger partial charge in [-0.2, -0.15) is 6.07 Å². The molecule has 0 aliphatic rings. The molecule has 0 fully saturated rings. The predicted octanol–water partition coefficient (Wildman–Crippen LogP) is -2.15. The fraction of sp³-hybridized carbons (Fsp3) is 0. The van der Waals surface area contributed by atoms with Gasteiger partial charge in [-0.1, -0.05) is 12.1 Å². The second-order valence-corrected chi connectivity index (χ2v) is 1.62. The summed E-state index contributed by atoms with van der Waals surface area (Å²) in [4.78, 5) is 9.94. The molecule has 0 amide bonds. The van der Waals surface area contributed by atoms with Crippen molar-refractivity contribution in [1.29, 1.82) is 0 Å². The topological polar surface area (TPSA) is 37.3 Å². The minimum Gasteiger partial charge on any atom is -0.565 e. The van der Waals surface area contributed by atoms with Crippen molar-refractivity contribution in [3.8, 4) is 5.75 Å². The van der Waals surface area contributed by atoms with Crippen LogP contribution in [0.5, 0.6) is 5.75 Å². The molecule has 0 aliphatic carbocycles. The number of aromatic hydroxyl groups is 1. The Labute approximate surface area is 102 Å². The van der Waals surface area contributed by atoms with E-state index in [1.807, 2.05) is 0 Å². The maximum Gasteiger partial charge on any atom is 1.00 e. The summed E-state index contributed by atoms with van der Waals surface area (Å²) in [5, 5.41) is 8.85. The van der Waals surface area contributed by atoms with Crippen molar-refractivity contribution in [1.82, 2.24) is 0 Å². The number of rotatable bonds is 1.